The smallest absolute Gasteiger partial charge is 0.173 e. The van der Waals surface area contributed by atoms with Crippen LogP contribution in [0.2, 0.25) is 0 Å². The van der Waals surface area contributed by atoms with Crippen LogP contribution < -0.4 is 24.3 Å². The molecular weight excluding hydrogens is 416 g/mol. The molecule has 0 aliphatic carbocycles. The van der Waals surface area contributed by atoms with E-state index in [4.69, 9.17) is 35.9 Å². The van der Waals surface area contributed by atoms with E-state index >= 15 is 0 Å². The van der Waals surface area contributed by atoms with Crippen molar-refractivity contribution in [3.05, 3.63) is 42.0 Å². The Labute approximate surface area is 189 Å². The van der Waals surface area contributed by atoms with Crippen LogP contribution in [-0.4, -0.2) is 57.7 Å². The van der Waals surface area contributed by atoms with Gasteiger partial charge in [0.1, 0.15) is 11.5 Å². The molecule has 7 nitrogen and oxygen atoms in total. The number of nitrogens with zero attached hydrogens (tertiary/aromatic N) is 1. The number of hydrogen-bond acceptors (Lipinski definition) is 6. The molecule has 8 heteroatoms. The van der Waals surface area contributed by atoms with Crippen molar-refractivity contribution >= 4 is 23.0 Å². The fraction of sp³-hybridized carbons (Fsp3) is 0.435. The van der Waals surface area contributed by atoms with E-state index in [-0.39, 0.29) is 6.10 Å². The van der Waals surface area contributed by atoms with Gasteiger partial charge in [-0.2, -0.15) is 0 Å². The first-order valence-corrected chi connectivity index (χ1v) is 10.6. The van der Waals surface area contributed by atoms with E-state index < -0.39 is 0 Å². The minimum atomic E-state index is 0.135. The summed E-state index contributed by atoms with van der Waals surface area (Å²) in [6, 6.07) is 11.4. The van der Waals surface area contributed by atoms with Gasteiger partial charge in [-0.1, -0.05) is 6.07 Å². The molecule has 1 heterocycles. The van der Waals surface area contributed by atoms with Crippen LogP contribution in [0.3, 0.4) is 0 Å². The molecule has 0 amide bonds. The van der Waals surface area contributed by atoms with Gasteiger partial charge in [0.05, 0.1) is 34.5 Å². The molecule has 1 aliphatic heterocycles. The lowest BCUT2D eigenvalue weighted by Crippen LogP contribution is -2.39. The van der Waals surface area contributed by atoms with E-state index in [1.165, 1.54) is 0 Å². The van der Waals surface area contributed by atoms with Crippen LogP contribution in [0.25, 0.3) is 0 Å². The predicted molar refractivity (Wildman–Crippen MR) is 125 cm³/mol. The second kappa shape index (κ2) is 11.1. The van der Waals surface area contributed by atoms with Gasteiger partial charge in [0.25, 0.3) is 0 Å². The first kappa shape index (κ1) is 23.0. The van der Waals surface area contributed by atoms with Crippen LogP contribution in [0.4, 0.5) is 5.69 Å². The molecule has 1 unspecified atom stereocenters. The van der Waals surface area contributed by atoms with Gasteiger partial charge >= 0.3 is 0 Å². The Morgan fingerprint density at radius 1 is 1.03 bits per heavy atom. The van der Waals surface area contributed by atoms with E-state index in [9.17, 15) is 0 Å². The zero-order valence-corrected chi connectivity index (χ0v) is 19.3. The minimum Gasteiger partial charge on any atom is -0.497 e. The van der Waals surface area contributed by atoms with Crippen molar-refractivity contribution in [2.24, 2.45) is 0 Å². The normalized spacial score (nSPS) is 15.3. The maximum Gasteiger partial charge on any atom is 0.173 e. The summed E-state index contributed by atoms with van der Waals surface area (Å²) < 4.78 is 27.7. The summed E-state index contributed by atoms with van der Waals surface area (Å²) in [5.74, 6) is 2.73. The van der Waals surface area contributed by atoms with Gasteiger partial charge in [0.15, 0.2) is 16.6 Å². The first-order chi connectivity index (χ1) is 15.1. The van der Waals surface area contributed by atoms with Gasteiger partial charge in [-0.05, 0) is 43.3 Å². The molecule has 0 aromatic heterocycles. The van der Waals surface area contributed by atoms with E-state index in [1.807, 2.05) is 36.4 Å². The highest BCUT2D eigenvalue weighted by Crippen LogP contribution is 2.35. The summed E-state index contributed by atoms with van der Waals surface area (Å²) in [5, 5.41) is 3.92. The van der Waals surface area contributed by atoms with Crippen molar-refractivity contribution in [2.75, 3.05) is 46.9 Å². The van der Waals surface area contributed by atoms with E-state index in [2.05, 4.69) is 10.2 Å². The zero-order chi connectivity index (χ0) is 22.2. The molecule has 1 atom stereocenters. The highest BCUT2D eigenvalue weighted by Gasteiger charge is 2.23. The summed E-state index contributed by atoms with van der Waals surface area (Å²) in [7, 11) is 6.51. The lowest BCUT2D eigenvalue weighted by molar-refractivity contribution is 0.0903. The molecule has 2 aromatic rings. The quantitative estimate of drug-likeness (QED) is 0.578. The third kappa shape index (κ3) is 5.92. The molecule has 168 valence electrons. The largest absolute Gasteiger partial charge is 0.497 e. The molecule has 0 radical (unpaired) electrons. The highest BCUT2D eigenvalue weighted by atomic mass is 32.1. The topological polar surface area (TPSA) is 61.4 Å². The molecule has 3 rings (SSSR count). The van der Waals surface area contributed by atoms with Crippen molar-refractivity contribution in [1.29, 1.82) is 0 Å². The third-order valence-electron chi connectivity index (χ3n) is 5.20. The Bertz CT molecular complexity index is 886. The summed E-state index contributed by atoms with van der Waals surface area (Å²) in [6.45, 7) is 1.99. The van der Waals surface area contributed by atoms with Gasteiger partial charge in [-0.15, -0.1) is 0 Å². The molecule has 1 fully saturated rings. The number of thiocarbonyl (C=S) groups is 1. The van der Waals surface area contributed by atoms with Crippen LogP contribution in [0.15, 0.2) is 36.4 Å². The summed E-state index contributed by atoms with van der Waals surface area (Å²) in [5.41, 5.74) is 1.80. The van der Waals surface area contributed by atoms with Crippen LogP contribution >= 0.6 is 12.2 Å². The van der Waals surface area contributed by atoms with Gasteiger partial charge in [0.2, 0.25) is 0 Å². The van der Waals surface area contributed by atoms with Crippen LogP contribution in [0.1, 0.15) is 18.4 Å². The molecular formula is C23H30N2O5S. The second-order valence-electron chi connectivity index (χ2n) is 7.20. The van der Waals surface area contributed by atoms with Crippen molar-refractivity contribution in [2.45, 2.75) is 25.5 Å². The number of ether oxygens (including phenoxy) is 5. The van der Waals surface area contributed by atoms with Gasteiger partial charge in [-0.25, -0.2) is 0 Å². The number of anilines is 1. The first-order valence-electron chi connectivity index (χ1n) is 10.2. The van der Waals surface area contributed by atoms with E-state index in [0.29, 0.717) is 35.5 Å². The Hall–Kier alpha value is -2.71. The van der Waals surface area contributed by atoms with E-state index in [0.717, 1.165) is 36.4 Å². The Morgan fingerprint density at radius 3 is 2.42 bits per heavy atom. The maximum absolute atomic E-state index is 5.87. The zero-order valence-electron chi connectivity index (χ0n) is 18.5. The molecule has 1 aliphatic rings. The fourth-order valence-corrected chi connectivity index (χ4v) is 3.84. The summed E-state index contributed by atoms with van der Waals surface area (Å²) >= 11 is 5.78. The van der Waals surface area contributed by atoms with E-state index in [1.54, 1.807) is 28.4 Å². The number of methoxy groups -OCH3 is 4. The molecule has 1 N–H and O–H groups in total. The second-order valence-corrected chi connectivity index (χ2v) is 7.58. The third-order valence-corrected chi connectivity index (χ3v) is 5.56. The molecule has 0 bridgehead atoms. The molecule has 0 spiro atoms. The molecule has 1 saturated heterocycles. The maximum atomic E-state index is 5.87. The van der Waals surface area contributed by atoms with Crippen LogP contribution in [-0.2, 0) is 11.3 Å². The number of hydrogen-bond donors (Lipinski definition) is 1. The molecule has 0 saturated carbocycles. The van der Waals surface area contributed by atoms with Crippen molar-refractivity contribution < 1.29 is 23.7 Å². The summed E-state index contributed by atoms with van der Waals surface area (Å²) in [4.78, 5) is 2.09. The Morgan fingerprint density at radius 2 is 1.77 bits per heavy atom. The average Bonchev–Trinajstić information content (AvgIpc) is 3.31. The average molecular weight is 447 g/mol. The van der Waals surface area contributed by atoms with Crippen molar-refractivity contribution in [3.8, 4) is 23.0 Å². The number of nitrogens with one attached hydrogen (secondary N) is 1. The van der Waals surface area contributed by atoms with Crippen molar-refractivity contribution in [3.63, 3.8) is 0 Å². The van der Waals surface area contributed by atoms with Crippen molar-refractivity contribution in [1.82, 2.24) is 4.90 Å². The predicted octanol–water partition coefficient (Wildman–Crippen LogP) is 4.10. The molecule has 31 heavy (non-hydrogen) atoms. The van der Waals surface area contributed by atoms with Gasteiger partial charge < -0.3 is 33.9 Å². The SMILES string of the molecule is COc1cccc(NC(=S)N(Cc2cc(OC)c(OC)cc2OC)CC2CCCO2)c1. The summed E-state index contributed by atoms with van der Waals surface area (Å²) in [6.07, 6.45) is 2.21. The number of rotatable bonds is 9. The Balaban J connectivity index is 1.85. The molecule has 2 aromatic carbocycles. The van der Waals surface area contributed by atoms with Gasteiger partial charge in [-0.3, -0.25) is 0 Å². The monoisotopic (exact) mass is 446 g/mol. The number of benzene rings is 2. The minimum absolute atomic E-state index is 0.135. The lowest BCUT2D eigenvalue weighted by atomic mass is 10.1. The standard InChI is InChI=1S/C23H30N2O5S/c1-26-18-8-5-7-17(12-18)24-23(31)25(15-19-9-6-10-30-19)14-16-11-21(28-3)22(29-4)13-20(16)27-2/h5,7-8,11-13,19H,6,9-10,14-15H2,1-4H3,(H,24,31). The fourth-order valence-electron chi connectivity index (χ4n) is 3.58. The van der Waals surface area contributed by atoms with Crippen LogP contribution in [0.5, 0.6) is 23.0 Å². The lowest BCUT2D eigenvalue weighted by Gasteiger charge is -2.29. The van der Waals surface area contributed by atoms with Crippen LogP contribution in [0, 0.1) is 0 Å². The van der Waals surface area contributed by atoms with Gasteiger partial charge in [0, 0.05) is 43.1 Å². The Kier molecular flexibility index (Phi) is 8.20. The highest BCUT2D eigenvalue weighted by molar-refractivity contribution is 7.80.